The van der Waals surface area contributed by atoms with Crippen LogP contribution in [0.3, 0.4) is 0 Å². The number of rotatable bonds is 3. The van der Waals surface area contributed by atoms with E-state index in [2.05, 4.69) is 16.6 Å². The van der Waals surface area contributed by atoms with E-state index >= 15 is 0 Å². The lowest BCUT2D eigenvalue weighted by Gasteiger charge is -2.36. The highest BCUT2D eigenvalue weighted by molar-refractivity contribution is 6.40. The van der Waals surface area contributed by atoms with Crippen molar-refractivity contribution in [2.24, 2.45) is 0 Å². The van der Waals surface area contributed by atoms with Crippen molar-refractivity contribution in [2.75, 3.05) is 83.8 Å². The fourth-order valence-electron chi connectivity index (χ4n) is 3.82. The molecule has 0 aromatic heterocycles. The summed E-state index contributed by atoms with van der Waals surface area (Å²) in [4.78, 5) is 30.8. The van der Waals surface area contributed by atoms with E-state index in [0.29, 0.717) is 13.1 Å². The summed E-state index contributed by atoms with van der Waals surface area (Å²) < 4.78 is 31.4. The molecule has 2 unspecified atom stereocenters. The molecule has 0 bridgehead atoms. The fourth-order valence-corrected chi connectivity index (χ4v) is 3.82. The number of anilines is 2. The Morgan fingerprint density at radius 1 is 0.929 bits per heavy atom. The number of piperazine rings is 2. The zero-order chi connectivity index (χ0) is 32.9. The Labute approximate surface area is 259 Å². The number of hydrogen-bond acceptors (Lipinski definition) is 7. The molecule has 9 nitrogen and oxygen atoms in total. The van der Waals surface area contributed by atoms with Crippen LogP contribution in [-0.2, 0) is 9.59 Å². The van der Waals surface area contributed by atoms with Gasteiger partial charge in [0.25, 0.3) is 0 Å². The molecule has 2 aliphatic heterocycles. The molecule has 2 saturated heterocycles. The number of hydrogen-bond donors (Lipinski definition) is 3. The van der Waals surface area contributed by atoms with Crippen LogP contribution < -0.4 is 11.1 Å². The maximum atomic E-state index is 13.5. The third-order valence-corrected chi connectivity index (χ3v) is 6.33. The van der Waals surface area contributed by atoms with Crippen LogP contribution in [0.4, 0.5) is 20.2 Å². The van der Waals surface area contributed by atoms with Crippen molar-refractivity contribution >= 4 is 46.5 Å². The minimum Gasteiger partial charge on any atom is -0.480 e. The largest absolute Gasteiger partial charge is 0.480 e. The molecule has 0 saturated carbocycles. The summed E-state index contributed by atoms with van der Waals surface area (Å²) in [6.07, 6.45) is 5.76. The van der Waals surface area contributed by atoms with E-state index in [1.165, 1.54) is 24.6 Å². The highest BCUT2D eigenvalue weighted by Crippen LogP contribution is 2.15. The number of carboxylic acids is 1. The van der Waals surface area contributed by atoms with Crippen LogP contribution in [0, 0.1) is 24.5 Å². The van der Waals surface area contributed by atoms with Gasteiger partial charge in [0.15, 0.2) is 0 Å². The predicted molar refractivity (Wildman–Crippen MR) is 168 cm³/mol. The molecular weight excluding hydrogens is 589 g/mol. The molecule has 4 rings (SSSR count). The molecule has 2 fully saturated rings. The molecule has 4 N–H and O–H groups in total. The van der Waals surface area contributed by atoms with Crippen LogP contribution in [0.15, 0.2) is 48.5 Å². The normalized spacial score (nSPS) is 19.3. The molecule has 234 valence electrons. The van der Waals surface area contributed by atoms with Crippen molar-refractivity contribution in [3.8, 4) is 12.8 Å². The van der Waals surface area contributed by atoms with Gasteiger partial charge in [0, 0.05) is 39.3 Å². The molecule has 2 aliphatic rings. The number of nitrogens with zero attached hydrogens (tertiary/aromatic N) is 4. The smallest absolute Gasteiger partial charge is 0.322 e. The number of carbonyl (C=O) groups excluding carboxylic acids is 1. The standard InChI is InChI=1S/C13H18FN3O.C7H14N2O2.C6H6FN.C2H2.CH2Cl2/c1-16-7-8-17(2)12(9-16)13(18)15-11-6-4-3-5-10(11)14;1-8-3-4-9(2)6(5-8)7(10)11;7-5-3-1-2-4-6(5)8;1-2;2-1-3/h3-6,12H,7-9H2,1-2H3,(H,15,18);6H,3-5H2,1-2H3,(H,10,11);1-4H,8H2;1-2H;1H2/i;;;1D;. The molecule has 2 aromatic rings. The summed E-state index contributed by atoms with van der Waals surface area (Å²) in [6, 6.07) is 11.8. The Morgan fingerprint density at radius 2 is 1.36 bits per heavy atom. The van der Waals surface area contributed by atoms with Gasteiger partial charge in [-0.25, -0.2) is 8.78 Å². The predicted octanol–water partition coefficient (Wildman–Crippen LogP) is 3.41. The van der Waals surface area contributed by atoms with Gasteiger partial charge in [-0.05, 0) is 52.5 Å². The van der Waals surface area contributed by atoms with Gasteiger partial charge in [-0.3, -0.25) is 19.4 Å². The number of nitrogen functional groups attached to an aromatic ring is 1. The second kappa shape index (κ2) is 21.7. The van der Waals surface area contributed by atoms with Crippen LogP contribution in [-0.4, -0.2) is 121 Å². The molecule has 0 aliphatic carbocycles. The van der Waals surface area contributed by atoms with E-state index in [0.717, 1.165) is 26.2 Å². The summed E-state index contributed by atoms with van der Waals surface area (Å²) in [5, 5.41) is 11.6. The Morgan fingerprint density at radius 3 is 1.76 bits per heavy atom. The first kappa shape index (κ1) is 37.0. The van der Waals surface area contributed by atoms with Crippen LogP contribution in [0.1, 0.15) is 1.37 Å². The fraction of sp³-hybridized carbons (Fsp3) is 0.448. The number of carbonyl (C=O) groups is 2. The molecule has 2 atom stereocenters. The first-order chi connectivity index (χ1) is 20.3. The molecule has 2 heterocycles. The van der Waals surface area contributed by atoms with Crippen LogP contribution in [0.5, 0.6) is 0 Å². The Balaban J connectivity index is 0.000000602. The number of nitrogens with two attached hydrogens (primary N) is 1. The number of para-hydroxylation sites is 2. The van der Waals surface area contributed by atoms with Crippen LogP contribution >= 0.6 is 23.2 Å². The van der Waals surface area contributed by atoms with Gasteiger partial charge in [-0.15, -0.1) is 36.0 Å². The third kappa shape index (κ3) is 14.8. The van der Waals surface area contributed by atoms with Crippen molar-refractivity contribution in [2.45, 2.75) is 12.1 Å². The number of benzene rings is 2. The van der Waals surface area contributed by atoms with Crippen LogP contribution in [0.25, 0.3) is 0 Å². The summed E-state index contributed by atoms with van der Waals surface area (Å²) in [6.45, 7) is 4.88. The lowest BCUT2D eigenvalue weighted by Crippen LogP contribution is -2.55. The minimum atomic E-state index is -0.723. The Bertz CT molecular complexity index is 1130. The van der Waals surface area contributed by atoms with E-state index in [9.17, 15) is 18.4 Å². The SMILES string of the molecule is CN1CCN(C)C(C(=O)Nc2ccccc2F)C1.CN1CCN(C)C(C(=O)O)C1.ClCCl.Nc1ccccc1F.[2H]C#C. The highest BCUT2D eigenvalue weighted by Gasteiger charge is 2.29. The molecule has 2 aromatic carbocycles. The molecule has 1 amide bonds. The molecular formula is C29H42Cl2F2N6O3. The first-order valence-electron chi connectivity index (χ1n) is 13.4. The van der Waals surface area contributed by atoms with Crippen molar-refractivity contribution < 1.29 is 24.8 Å². The maximum absolute atomic E-state index is 13.5. The van der Waals surface area contributed by atoms with Crippen molar-refractivity contribution in [1.82, 2.24) is 19.6 Å². The van der Waals surface area contributed by atoms with Gasteiger partial charge in [0.1, 0.15) is 25.1 Å². The van der Waals surface area contributed by atoms with E-state index in [4.69, 9.17) is 35.4 Å². The first-order valence-corrected chi connectivity index (χ1v) is 13.9. The Hall–Kier alpha value is -2.98. The zero-order valence-corrected chi connectivity index (χ0v) is 26.0. The topological polar surface area (TPSA) is 105 Å². The van der Waals surface area contributed by atoms with E-state index in [-0.39, 0.29) is 40.5 Å². The number of halogens is 4. The van der Waals surface area contributed by atoms with Gasteiger partial charge >= 0.3 is 5.97 Å². The highest BCUT2D eigenvalue weighted by atomic mass is 35.5. The van der Waals surface area contributed by atoms with Gasteiger partial charge in [0.2, 0.25) is 5.91 Å². The second-order valence-corrected chi connectivity index (χ2v) is 10.3. The summed E-state index contributed by atoms with van der Waals surface area (Å²) in [5.74, 6) is -1.64. The van der Waals surface area contributed by atoms with Gasteiger partial charge in [0.05, 0.1) is 16.7 Å². The number of carboxylic acid groups (broad SMARTS) is 1. The summed E-state index contributed by atoms with van der Waals surface area (Å²) in [7, 11) is 7.70. The monoisotopic (exact) mass is 631 g/mol. The minimum absolute atomic E-state index is 0.158. The summed E-state index contributed by atoms with van der Waals surface area (Å²) in [5.41, 5.74) is 5.59. The molecule has 0 radical (unpaired) electrons. The van der Waals surface area contributed by atoms with Crippen LogP contribution in [0.2, 0.25) is 0 Å². The van der Waals surface area contributed by atoms with Gasteiger partial charge in [-0.2, -0.15) is 0 Å². The number of terminal acetylenes is 1. The number of alkyl halides is 2. The number of amides is 1. The third-order valence-electron chi connectivity index (χ3n) is 6.33. The van der Waals surface area contributed by atoms with Crippen molar-refractivity contribution in [3.05, 3.63) is 60.2 Å². The average molecular weight is 633 g/mol. The summed E-state index contributed by atoms with van der Waals surface area (Å²) >= 11 is 9.53. The molecule has 42 heavy (non-hydrogen) atoms. The second-order valence-electron chi connectivity index (χ2n) is 9.45. The van der Waals surface area contributed by atoms with Crippen molar-refractivity contribution in [3.63, 3.8) is 0 Å². The van der Waals surface area contributed by atoms with E-state index in [1.54, 1.807) is 30.3 Å². The zero-order valence-electron chi connectivity index (χ0n) is 25.4. The van der Waals surface area contributed by atoms with Gasteiger partial charge in [-0.1, -0.05) is 24.3 Å². The quantitative estimate of drug-likeness (QED) is 0.269. The Kier molecular flexibility index (Phi) is 19.1. The lowest BCUT2D eigenvalue weighted by atomic mass is 10.1. The average Bonchev–Trinajstić information content (AvgIpc) is 2.96. The number of aliphatic carboxylic acids is 1. The number of nitrogens with one attached hydrogen (secondary N) is 1. The maximum Gasteiger partial charge on any atom is 0.322 e. The van der Waals surface area contributed by atoms with E-state index < -0.39 is 11.8 Å². The molecule has 0 spiro atoms. The van der Waals surface area contributed by atoms with Gasteiger partial charge < -0.3 is 26.0 Å². The number of likely N-dealkylation sites (N-methyl/N-ethyl adjacent to an activating group) is 4. The van der Waals surface area contributed by atoms with Crippen molar-refractivity contribution in [1.29, 1.82) is 0 Å². The molecule has 13 heteroatoms. The van der Waals surface area contributed by atoms with E-state index in [1.807, 2.05) is 42.9 Å². The lowest BCUT2D eigenvalue weighted by molar-refractivity contribution is -0.144.